The fraction of sp³-hybridized carbons (Fsp3) is 0.818. The Balaban J connectivity index is 2.88. The zero-order valence-corrected chi connectivity index (χ0v) is 10.9. The second-order valence-electron chi connectivity index (χ2n) is 4.34. The predicted molar refractivity (Wildman–Crippen MR) is 64.1 cm³/mol. The van der Waals surface area contributed by atoms with Gasteiger partial charge in [-0.15, -0.1) is 0 Å². The van der Waals surface area contributed by atoms with Crippen molar-refractivity contribution in [3.8, 4) is 0 Å². The normalized spacial score (nSPS) is 24.6. The van der Waals surface area contributed by atoms with E-state index in [4.69, 9.17) is 14.9 Å². The minimum atomic E-state index is -0.677. The van der Waals surface area contributed by atoms with Crippen LogP contribution in [0.1, 0.15) is 26.7 Å². The smallest absolute Gasteiger partial charge is 0.323 e. The van der Waals surface area contributed by atoms with E-state index in [0.717, 1.165) is 6.42 Å². The van der Waals surface area contributed by atoms with Crippen LogP contribution in [0.4, 0.5) is 4.79 Å². The molecule has 6 nitrogen and oxygen atoms in total. The molecule has 0 bridgehead atoms. The van der Waals surface area contributed by atoms with Crippen LogP contribution in [-0.2, 0) is 9.47 Å². The summed E-state index contributed by atoms with van der Waals surface area (Å²) in [7, 11) is 3.10. The molecule has 2 amide bonds. The summed E-state index contributed by atoms with van der Waals surface area (Å²) in [5, 5.41) is 10.5. The quantitative estimate of drug-likeness (QED) is 0.687. The number of carbonyl (C=O) groups excluding carboxylic acids is 1. The average molecular weight is 243 g/mol. The van der Waals surface area contributed by atoms with Crippen molar-refractivity contribution in [2.45, 2.75) is 38.5 Å². The molecule has 0 aromatic carbocycles. The molecule has 1 atom stereocenters. The first-order valence-electron chi connectivity index (χ1n) is 5.72. The Bertz CT molecular complexity index is 304. The molecule has 0 radical (unpaired) electrons. The van der Waals surface area contributed by atoms with Crippen LogP contribution in [0.15, 0.2) is 0 Å². The summed E-state index contributed by atoms with van der Waals surface area (Å²) in [6.07, 6.45) is 0.866. The second kappa shape index (κ2) is 5.46. The summed E-state index contributed by atoms with van der Waals surface area (Å²) in [6.45, 7) is 4.47. The maximum absolute atomic E-state index is 11.7. The Kier molecular flexibility index (Phi) is 4.47. The highest BCUT2D eigenvalue weighted by atomic mass is 16.7. The van der Waals surface area contributed by atoms with Gasteiger partial charge in [0.1, 0.15) is 11.4 Å². The van der Waals surface area contributed by atoms with E-state index in [1.54, 1.807) is 19.1 Å². The van der Waals surface area contributed by atoms with Gasteiger partial charge in [-0.1, -0.05) is 6.92 Å². The van der Waals surface area contributed by atoms with Gasteiger partial charge in [0.05, 0.1) is 0 Å². The van der Waals surface area contributed by atoms with Gasteiger partial charge in [-0.05, 0) is 13.3 Å². The number of methoxy groups -OCH3 is 2. The van der Waals surface area contributed by atoms with Crippen LogP contribution in [0.25, 0.3) is 0 Å². The maximum Gasteiger partial charge on any atom is 0.323 e. The van der Waals surface area contributed by atoms with E-state index in [0.29, 0.717) is 13.0 Å². The zero-order chi connectivity index (χ0) is 13.1. The SMILES string of the molecule is CCCN1C(=O)NC(=N)C1(C)CC(OC)OC. The first-order chi connectivity index (χ1) is 7.99. The Labute approximate surface area is 102 Å². The average Bonchev–Trinajstić information content (AvgIpc) is 2.51. The molecule has 1 unspecified atom stereocenters. The third-order valence-electron chi connectivity index (χ3n) is 3.15. The Morgan fingerprint density at radius 2 is 2.06 bits per heavy atom. The number of amides is 2. The molecule has 0 aromatic rings. The molecule has 6 heteroatoms. The van der Waals surface area contributed by atoms with Gasteiger partial charge in [-0.25, -0.2) is 4.79 Å². The molecular weight excluding hydrogens is 222 g/mol. The third kappa shape index (κ3) is 2.58. The molecular formula is C11H21N3O3. The maximum atomic E-state index is 11.7. The highest BCUT2D eigenvalue weighted by Gasteiger charge is 2.47. The molecule has 17 heavy (non-hydrogen) atoms. The van der Waals surface area contributed by atoms with Gasteiger partial charge in [0.2, 0.25) is 0 Å². The van der Waals surface area contributed by atoms with Crippen molar-refractivity contribution in [3.05, 3.63) is 0 Å². The van der Waals surface area contributed by atoms with E-state index < -0.39 is 11.8 Å². The van der Waals surface area contributed by atoms with Crippen molar-refractivity contribution in [1.29, 1.82) is 5.41 Å². The minimum Gasteiger partial charge on any atom is -0.356 e. The fourth-order valence-electron chi connectivity index (χ4n) is 2.04. The van der Waals surface area contributed by atoms with Crippen LogP contribution < -0.4 is 5.32 Å². The van der Waals surface area contributed by atoms with Gasteiger partial charge in [-0.2, -0.15) is 0 Å². The van der Waals surface area contributed by atoms with Crippen LogP contribution in [0, 0.1) is 5.41 Å². The van der Waals surface area contributed by atoms with Crippen molar-refractivity contribution < 1.29 is 14.3 Å². The lowest BCUT2D eigenvalue weighted by atomic mass is 9.95. The van der Waals surface area contributed by atoms with Crippen molar-refractivity contribution in [2.75, 3.05) is 20.8 Å². The highest BCUT2D eigenvalue weighted by molar-refractivity contribution is 6.08. The number of carbonyl (C=O) groups is 1. The Morgan fingerprint density at radius 1 is 1.47 bits per heavy atom. The molecule has 1 saturated heterocycles. The van der Waals surface area contributed by atoms with Gasteiger partial charge in [-0.3, -0.25) is 10.7 Å². The molecule has 0 aliphatic carbocycles. The lowest BCUT2D eigenvalue weighted by molar-refractivity contribution is -0.118. The summed E-state index contributed by atoms with van der Waals surface area (Å²) in [4.78, 5) is 13.4. The Morgan fingerprint density at radius 3 is 2.53 bits per heavy atom. The predicted octanol–water partition coefficient (Wildman–Crippen LogP) is 1.17. The van der Waals surface area contributed by atoms with Crippen LogP contribution in [0.5, 0.6) is 0 Å². The highest BCUT2D eigenvalue weighted by Crippen LogP contribution is 2.28. The van der Waals surface area contributed by atoms with Gasteiger partial charge in [0.15, 0.2) is 6.29 Å². The minimum absolute atomic E-state index is 0.204. The van der Waals surface area contributed by atoms with Crippen molar-refractivity contribution >= 4 is 11.9 Å². The standard InChI is InChI=1S/C11H21N3O3/c1-5-6-14-10(15)13-9(12)11(14,2)7-8(16-3)17-4/h8H,5-7H2,1-4H3,(H2,12,13,15). The lowest BCUT2D eigenvalue weighted by Crippen LogP contribution is -2.49. The molecule has 0 aromatic heterocycles. The summed E-state index contributed by atoms with van der Waals surface area (Å²) < 4.78 is 10.3. The van der Waals surface area contributed by atoms with E-state index in [2.05, 4.69) is 5.32 Å². The molecule has 1 rings (SSSR count). The Hall–Kier alpha value is -1.14. The zero-order valence-electron chi connectivity index (χ0n) is 10.9. The fourth-order valence-corrected chi connectivity index (χ4v) is 2.04. The summed E-state index contributed by atoms with van der Waals surface area (Å²) in [5.74, 6) is 0.204. The summed E-state index contributed by atoms with van der Waals surface area (Å²) in [5.41, 5.74) is -0.677. The topological polar surface area (TPSA) is 74.7 Å². The number of ether oxygens (including phenoxy) is 2. The van der Waals surface area contributed by atoms with Crippen LogP contribution in [-0.4, -0.2) is 49.4 Å². The monoisotopic (exact) mass is 243 g/mol. The van der Waals surface area contributed by atoms with Crippen molar-refractivity contribution in [2.24, 2.45) is 0 Å². The summed E-state index contributed by atoms with van der Waals surface area (Å²) >= 11 is 0. The van der Waals surface area contributed by atoms with E-state index >= 15 is 0 Å². The summed E-state index contributed by atoms with van der Waals surface area (Å²) in [6, 6.07) is -0.217. The molecule has 1 heterocycles. The molecule has 1 aliphatic heterocycles. The molecule has 2 N–H and O–H groups in total. The van der Waals surface area contributed by atoms with Gasteiger partial charge < -0.3 is 14.4 Å². The molecule has 0 saturated carbocycles. The third-order valence-corrected chi connectivity index (χ3v) is 3.15. The van der Waals surface area contributed by atoms with E-state index in [1.807, 2.05) is 13.8 Å². The number of rotatable bonds is 6. The first kappa shape index (κ1) is 13.9. The number of amidine groups is 1. The first-order valence-corrected chi connectivity index (χ1v) is 5.72. The van der Waals surface area contributed by atoms with Crippen molar-refractivity contribution in [1.82, 2.24) is 10.2 Å². The van der Waals surface area contributed by atoms with E-state index in [9.17, 15) is 4.79 Å². The molecule has 1 fully saturated rings. The lowest BCUT2D eigenvalue weighted by Gasteiger charge is -2.35. The van der Waals surface area contributed by atoms with E-state index in [-0.39, 0.29) is 11.9 Å². The largest absolute Gasteiger partial charge is 0.356 e. The van der Waals surface area contributed by atoms with Crippen LogP contribution >= 0.6 is 0 Å². The van der Waals surface area contributed by atoms with Crippen LogP contribution in [0.3, 0.4) is 0 Å². The molecule has 0 spiro atoms. The van der Waals surface area contributed by atoms with Crippen LogP contribution in [0.2, 0.25) is 0 Å². The number of nitrogens with one attached hydrogen (secondary N) is 2. The second-order valence-corrected chi connectivity index (χ2v) is 4.34. The van der Waals surface area contributed by atoms with Gasteiger partial charge in [0, 0.05) is 27.2 Å². The van der Waals surface area contributed by atoms with E-state index in [1.165, 1.54) is 0 Å². The number of hydrogen-bond acceptors (Lipinski definition) is 4. The van der Waals surface area contributed by atoms with Gasteiger partial charge >= 0.3 is 6.03 Å². The number of hydrogen-bond donors (Lipinski definition) is 2. The van der Waals surface area contributed by atoms with Gasteiger partial charge in [0.25, 0.3) is 0 Å². The molecule has 98 valence electrons. The number of nitrogens with zero attached hydrogens (tertiary/aromatic N) is 1. The molecule has 1 aliphatic rings. The number of urea groups is 1. The van der Waals surface area contributed by atoms with Crippen molar-refractivity contribution in [3.63, 3.8) is 0 Å².